The summed E-state index contributed by atoms with van der Waals surface area (Å²) in [6.45, 7) is 0. The Morgan fingerprint density at radius 2 is 1.70 bits per heavy atom. The van der Waals surface area contributed by atoms with Crippen LogP contribution >= 0.6 is 34.8 Å². The Morgan fingerprint density at radius 1 is 1.11 bits per heavy atom. The number of rotatable bonds is 4. The third-order valence-electron chi connectivity index (χ3n) is 4.59. The van der Waals surface area contributed by atoms with E-state index in [-0.39, 0.29) is 10.2 Å². The van der Waals surface area contributed by atoms with Crippen molar-refractivity contribution in [2.45, 2.75) is 42.5 Å². The van der Waals surface area contributed by atoms with E-state index in [4.69, 9.17) is 34.8 Å². The van der Waals surface area contributed by atoms with Gasteiger partial charge in [0.25, 0.3) is 5.91 Å². The normalized spacial score (nSPS) is 24.4. The molecule has 7 nitrogen and oxygen atoms in total. The molecule has 0 spiro atoms. The van der Waals surface area contributed by atoms with Gasteiger partial charge in [-0.3, -0.25) is 10.1 Å². The van der Waals surface area contributed by atoms with E-state index in [2.05, 4.69) is 25.9 Å². The van der Waals surface area contributed by atoms with Crippen molar-refractivity contribution in [3.63, 3.8) is 0 Å². The summed E-state index contributed by atoms with van der Waals surface area (Å²) in [5.41, 5.74) is 2.25. The summed E-state index contributed by atoms with van der Waals surface area (Å²) in [4.78, 5) is 31.9. The van der Waals surface area contributed by atoms with Crippen molar-refractivity contribution in [1.82, 2.24) is 20.6 Å². The Bertz CT molecular complexity index is 849. The molecule has 0 radical (unpaired) electrons. The van der Waals surface area contributed by atoms with Crippen molar-refractivity contribution in [3.8, 4) is 0 Å². The summed E-state index contributed by atoms with van der Waals surface area (Å²) in [5, 5.41) is 7.79. The van der Waals surface area contributed by atoms with Crippen LogP contribution in [0.4, 0.5) is 10.5 Å². The second kappa shape index (κ2) is 6.96. The van der Waals surface area contributed by atoms with E-state index < -0.39 is 16.9 Å². The van der Waals surface area contributed by atoms with Crippen LogP contribution in [0.2, 0.25) is 0 Å². The lowest BCUT2D eigenvalue weighted by Gasteiger charge is -2.27. The number of carbonyl (C=O) groups is 2. The van der Waals surface area contributed by atoms with Gasteiger partial charge in [0.2, 0.25) is 5.00 Å². The molecule has 1 unspecified atom stereocenters. The highest BCUT2D eigenvalue weighted by atomic mass is 35.5. The van der Waals surface area contributed by atoms with Crippen LogP contribution in [-0.2, 0) is 4.79 Å². The molecule has 1 atom stereocenters. The average molecular weight is 429 g/mol. The van der Waals surface area contributed by atoms with E-state index in [1.54, 1.807) is 0 Å². The molecule has 0 saturated heterocycles. The molecule has 2 aliphatic carbocycles. The zero-order chi connectivity index (χ0) is 19.2. The number of dihydropyridines is 1. The number of urea groups is 1. The van der Waals surface area contributed by atoms with Crippen LogP contribution in [0.5, 0.6) is 0 Å². The van der Waals surface area contributed by atoms with Gasteiger partial charge in [0.15, 0.2) is 0 Å². The third-order valence-corrected chi connectivity index (χ3v) is 5.69. The molecule has 3 N–H and O–H groups in total. The lowest BCUT2D eigenvalue weighted by Crippen LogP contribution is -2.54. The fourth-order valence-corrected chi connectivity index (χ4v) is 3.44. The van der Waals surface area contributed by atoms with Gasteiger partial charge in [-0.15, -0.1) is 0 Å². The van der Waals surface area contributed by atoms with Crippen LogP contribution in [0.3, 0.4) is 0 Å². The zero-order valence-electron chi connectivity index (χ0n) is 14.1. The maximum Gasteiger partial charge on any atom is 0.326 e. The summed E-state index contributed by atoms with van der Waals surface area (Å²) in [6.07, 6.45) is 8.37. The molecule has 2 fully saturated rings. The van der Waals surface area contributed by atoms with Gasteiger partial charge >= 0.3 is 6.03 Å². The Labute approximate surface area is 170 Å². The Balaban J connectivity index is 1.49. The molecule has 3 amide bonds. The van der Waals surface area contributed by atoms with Gasteiger partial charge in [0, 0.05) is 11.8 Å². The second-order valence-electron chi connectivity index (χ2n) is 6.81. The fraction of sp³-hybridized carbons (Fsp3) is 0.412. The molecule has 2 heterocycles. The van der Waals surface area contributed by atoms with Crippen molar-refractivity contribution < 1.29 is 9.59 Å². The molecule has 1 aliphatic heterocycles. The van der Waals surface area contributed by atoms with Crippen molar-refractivity contribution in [3.05, 3.63) is 40.1 Å². The SMILES string of the molecule is O=C(NC(=O)C1(Cl)C=CC(Cl)=C(Cl)N1)Nc1c(C2CC2)ncnc1C1CC1. The molecule has 142 valence electrons. The number of hydrogen-bond donors (Lipinski definition) is 3. The Morgan fingerprint density at radius 3 is 2.22 bits per heavy atom. The van der Waals surface area contributed by atoms with Crippen LogP contribution in [0.15, 0.2) is 28.7 Å². The van der Waals surface area contributed by atoms with Crippen molar-refractivity contribution in [2.24, 2.45) is 0 Å². The second-order valence-corrected chi connectivity index (χ2v) is 8.19. The molecule has 10 heteroatoms. The van der Waals surface area contributed by atoms with Gasteiger partial charge in [0.1, 0.15) is 11.5 Å². The summed E-state index contributed by atoms with van der Waals surface area (Å²) in [6, 6.07) is -0.703. The molecule has 0 aromatic carbocycles. The van der Waals surface area contributed by atoms with Gasteiger partial charge < -0.3 is 10.6 Å². The lowest BCUT2D eigenvalue weighted by atomic mass is 10.1. The minimum Gasteiger partial charge on any atom is -0.345 e. The minimum absolute atomic E-state index is 0.0215. The molecular weight excluding hydrogens is 413 g/mol. The largest absolute Gasteiger partial charge is 0.345 e. The molecule has 1 aromatic rings. The maximum atomic E-state index is 12.5. The first-order valence-corrected chi connectivity index (χ1v) is 9.69. The number of carbonyl (C=O) groups excluding carboxylic acids is 2. The van der Waals surface area contributed by atoms with Crippen LogP contribution in [0, 0.1) is 0 Å². The number of anilines is 1. The molecule has 2 saturated carbocycles. The van der Waals surface area contributed by atoms with Crippen molar-refractivity contribution >= 4 is 52.4 Å². The van der Waals surface area contributed by atoms with E-state index in [0.29, 0.717) is 17.5 Å². The number of alkyl halides is 1. The number of nitrogens with one attached hydrogen (secondary N) is 3. The molecule has 27 heavy (non-hydrogen) atoms. The van der Waals surface area contributed by atoms with Gasteiger partial charge in [-0.05, 0) is 37.8 Å². The topological polar surface area (TPSA) is 96.0 Å². The predicted octanol–water partition coefficient (Wildman–Crippen LogP) is 3.62. The molecule has 1 aromatic heterocycles. The highest BCUT2D eigenvalue weighted by Gasteiger charge is 2.39. The maximum absolute atomic E-state index is 12.5. The monoisotopic (exact) mass is 427 g/mol. The summed E-state index contributed by atoms with van der Waals surface area (Å²) < 4.78 is 0. The number of imide groups is 1. The first-order chi connectivity index (χ1) is 12.9. The van der Waals surface area contributed by atoms with Crippen molar-refractivity contribution in [1.29, 1.82) is 0 Å². The van der Waals surface area contributed by atoms with Crippen LogP contribution in [-0.4, -0.2) is 26.9 Å². The van der Waals surface area contributed by atoms with Crippen LogP contribution in [0.1, 0.15) is 48.9 Å². The van der Waals surface area contributed by atoms with Gasteiger partial charge in [-0.25, -0.2) is 14.8 Å². The third kappa shape index (κ3) is 3.90. The van der Waals surface area contributed by atoms with E-state index in [9.17, 15) is 9.59 Å². The average Bonchev–Trinajstić information content (AvgIpc) is 3.51. The van der Waals surface area contributed by atoms with E-state index in [1.165, 1.54) is 18.5 Å². The number of allylic oxidation sites excluding steroid dienone is 2. The fourth-order valence-electron chi connectivity index (χ4n) is 2.87. The summed E-state index contributed by atoms with van der Waals surface area (Å²) in [5.74, 6) is -0.132. The van der Waals surface area contributed by atoms with Crippen LogP contribution < -0.4 is 16.0 Å². The lowest BCUT2D eigenvalue weighted by molar-refractivity contribution is -0.121. The number of halogens is 3. The standard InChI is InChI=1S/C17H16Cl3N5O2/c18-10-5-6-17(20,25-14(10)19)15(26)24-16(27)23-13-11(8-1-2-8)21-7-22-12(13)9-3-4-9/h5-9,25H,1-4H2,(H2,23,24,26,27). The number of nitrogens with zero attached hydrogens (tertiary/aromatic N) is 2. The van der Waals surface area contributed by atoms with Gasteiger partial charge in [-0.1, -0.05) is 34.8 Å². The quantitative estimate of drug-likeness (QED) is 0.503. The predicted molar refractivity (Wildman–Crippen MR) is 103 cm³/mol. The highest BCUT2D eigenvalue weighted by Crippen LogP contribution is 2.48. The first kappa shape index (κ1) is 18.5. The highest BCUT2D eigenvalue weighted by molar-refractivity contribution is 6.43. The molecular formula is C17H16Cl3N5O2. The van der Waals surface area contributed by atoms with Crippen LogP contribution in [0.25, 0.3) is 0 Å². The number of hydrogen-bond acceptors (Lipinski definition) is 5. The van der Waals surface area contributed by atoms with E-state index in [0.717, 1.165) is 37.1 Å². The van der Waals surface area contributed by atoms with Gasteiger partial charge in [-0.2, -0.15) is 0 Å². The van der Waals surface area contributed by atoms with Gasteiger partial charge in [0.05, 0.1) is 22.1 Å². The van der Waals surface area contributed by atoms with E-state index in [1.807, 2.05) is 0 Å². The van der Waals surface area contributed by atoms with E-state index >= 15 is 0 Å². The molecule has 3 aliphatic rings. The zero-order valence-corrected chi connectivity index (χ0v) is 16.3. The smallest absolute Gasteiger partial charge is 0.326 e. The number of aromatic nitrogens is 2. The first-order valence-electron chi connectivity index (χ1n) is 8.56. The Hall–Kier alpha value is -1.83. The molecule has 0 bridgehead atoms. The molecule has 4 rings (SSSR count). The van der Waals surface area contributed by atoms with Crippen molar-refractivity contribution in [2.75, 3.05) is 5.32 Å². The number of amides is 3. The summed E-state index contributed by atoms with van der Waals surface area (Å²) >= 11 is 17.9. The Kier molecular flexibility index (Phi) is 4.78. The minimum atomic E-state index is -1.71. The summed E-state index contributed by atoms with van der Waals surface area (Å²) in [7, 11) is 0.